The minimum absolute atomic E-state index is 0.0338. The van der Waals surface area contributed by atoms with Crippen LogP contribution in [-0.4, -0.2) is 9.91 Å². The van der Waals surface area contributed by atoms with Crippen molar-refractivity contribution in [1.82, 2.24) is 4.98 Å². The Labute approximate surface area is 156 Å². The van der Waals surface area contributed by atoms with Crippen LogP contribution in [0.3, 0.4) is 0 Å². The van der Waals surface area contributed by atoms with Crippen LogP contribution in [0.15, 0.2) is 77.1 Å². The van der Waals surface area contributed by atoms with Gasteiger partial charge in [-0.25, -0.2) is 0 Å². The summed E-state index contributed by atoms with van der Waals surface area (Å²) in [5.41, 5.74) is 2.10. The first-order valence-corrected chi connectivity index (χ1v) is 8.67. The summed E-state index contributed by atoms with van der Waals surface area (Å²) < 4.78 is 1.42. The summed E-state index contributed by atoms with van der Waals surface area (Å²) in [6.45, 7) is 0. The number of benzene rings is 2. The number of rotatable bonds is 4. The molecule has 0 saturated heterocycles. The fourth-order valence-electron chi connectivity index (χ4n) is 2.44. The lowest BCUT2D eigenvalue weighted by molar-refractivity contribution is -0.581. The molecule has 2 heterocycles. The Hall–Kier alpha value is -3.72. The fourth-order valence-corrected chi connectivity index (χ4v) is 3.27. The largest absolute Gasteiger partial charge is 0.840 e. The quantitative estimate of drug-likeness (QED) is 0.232. The van der Waals surface area contributed by atoms with E-state index < -0.39 is 4.92 Å². The second kappa shape index (κ2) is 6.89. The Bertz CT molecular complexity index is 1160. The van der Waals surface area contributed by atoms with Crippen LogP contribution in [0.5, 0.6) is 5.88 Å². The predicted molar refractivity (Wildman–Crippen MR) is 97.4 cm³/mol. The molecule has 0 amide bonds. The average Bonchev–Trinajstić information content (AvgIpc) is 3.02. The zero-order chi connectivity index (χ0) is 18.8. The number of nitro benzene ring substituents is 1. The maximum absolute atomic E-state index is 12.4. The molecule has 0 aliphatic rings. The summed E-state index contributed by atoms with van der Waals surface area (Å²) in [5, 5.41) is 31.3. The summed E-state index contributed by atoms with van der Waals surface area (Å²) >= 11 is 1.13. The molecule has 0 radical (unpaired) electrons. The van der Waals surface area contributed by atoms with Crippen molar-refractivity contribution in [3.05, 3.63) is 77.0 Å². The molecule has 9 heteroatoms. The first-order chi connectivity index (χ1) is 13.1. The highest BCUT2D eigenvalue weighted by Gasteiger charge is 2.16. The molecule has 0 fully saturated rings. The molecule has 4 aromatic rings. The van der Waals surface area contributed by atoms with Gasteiger partial charge in [0.1, 0.15) is 12.1 Å². The molecular weight excluding hydrogens is 366 g/mol. The summed E-state index contributed by atoms with van der Waals surface area (Å²) in [7, 11) is 0. The number of thiazole rings is 1. The van der Waals surface area contributed by atoms with E-state index in [1.807, 2.05) is 30.3 Å². The zero-order valence-corrected chi connectivity index (χ0v) is 14.5. The second-order valence-electron chi connectivity index (χ2n) is 5.52. The van der Waals surface area contributed by atoms with E-state index >= 15 is 0 Å². The van der Waals surface area contributed by atoms with E-state index in [4.69, 9.17) is 0 Å². The molecule has 0 saturated carbocycles. The third kappa shape index (κ3) is 3.35. The van der Waals surface area contributed by atoms with Gasteiger partial charge in [-0.3, -0.25) is 10.1 Å². The van der Waals surface area contributed by atoms with Crippen molar-refractivity contribution in [2.45, 2.75) is 0 Å². The lowest BCUT2D eigenvalue weighted by atomic mass is 10.1. The van der Waals surface area contributed by atoms with Gasteiger partial charge in [0.15, 0.2) is 10.7 Å². The van der Waals surface area contributed by atoms with Gasteiger partial charge in [0.25, 0.3) is 5.69 Å². The molecule has 0 bridgehead atoms. The molecule has 0 atom stereocenters. The van der Waals surface area contributed by atoms with Gasteiger partial charge >= 0.3 is 4.96 Å². The fraction of sp³-hybridized carbons (Fsp3) is 0. The van der Waals surface area contributed by atoms with Crippen molar-refractivity contribution < 1.29 is 14.4 Å². The number of hydrogen-bond acceptors (Lipinski definition) is 7. The molecule has 0 aliphatic carbocycles. The van der Waals surface area contributed by atoms with Crippen LogP contribution in [-0.2, 0) is 0 Å². The number of fused-ring (bicyclic) bond motifs is 1. The van der Waals surface area contributed by atoms with E-state index in [-0.39, 0.29) is 16.6 Å². The van der Waals surface area contributed by atoms with Crippen molar-refractivity contribution in [2.24, 2.45) is 10.2 Å². The molecule has 0 spiro atoms. The Balaban J connectivity index is 1.66. The number of aromatic nitrogens is 2. The maximum atomic E-state index is 12.4. The summed E-state index contributed by atoms with van der Waals surface area (Å²) in [5.74, 6) is -0.312. The van der Waals surface area contributed by atoms with E-state index in [2.05, 4.69) is 15.2 Å². The number of nitrogens with zero attached hydrogens (tertiary/aromatic N) is 5. The molecule has 0 aliphatic heterocycles. The van der Waals surface area contributed by atoms with Crippen LogP contribution in [0, 0.1) is 10.1 Å². The van der Waals surface area contributed by atoms with Gasteiger partial charge in [-0.05, 0) is 28.5 Å². The molecule has 4 rings (SSSR count). The lowest BCUT2D eigenvalue weighted by Gasteiger charge is -1.99. The second-order valence-corrected chi connectivity index (χ2v) is 6.47. The first kappa shape index (κ1) is 16.7. The van der Waals surface area contributed by atoms with Crippen molar-refractivity contribution in [3.8, 4) is 17.1 Å². The highest BCUT2D eigenvalue weighted by atomic mass is 32.1. The van der Waals surface area contributed by atoms with Crippen LogP contribution in [0.2, 0.25) is 0 Å². The van der Waals surface area contributed by atoms with Gasteiger partial charge < -0.3 is 5.11 Å². The molecule has 27 heavy (non-hydrogen) atoms. The van der Waals surface area contributed by atoms with Gasteiger partial charge in [-0.15, -0.1) is 10.2 Å². The normalized spacial score (nSPS) is 11.3. The van der Waals surface area contributed by atoms with E-state index in [0.29, 0.717) is 10.6 Å². The first-order valence-electron chi connectivity index (χ1n) is 7.86. The Kier molecular flexibility index (Phi) is 4.27. The highest BCUT2D eigenvalue weighted by molar-refractivity contribution is 7.20. The summed E-state index contributed by atoms with van der Waals surface area (Å²) in [4.78, 5) is 15.2. The SMILES string of the molecule is O=[N+]([O-])c1ccc(N=Nc2sc3nc(-c4ccccc4)cc[n+]3c2[O-])cc1. The van der Waals surface area contributed by atoms with Crippen LogP contribution in [0.1, 0.15) is 0 Å². The van der Waals surface area contributed by atoms with Crippen molar-refractivity contribution in [1.29, 1.82) is 0 Å². The van der Waals surface area contributed by atoms with Gasteiger partial charge in [0.05, 0.1) is 10.6 Å². The smallest absolute Gasteiger partial charge is 0.389 e. The molecule has 2 aromatic heterocycles. The molecular formula is C18H11N5O3S. The molecule has 2 aromatic carbocycles. The molecule has 132 valence electrons. The Morgan fingerprint density at radius 2 is 1.74 bits per heavy atom. The van der Waals surface area contributed by atoms with Crippen LogP contribution < -0.4 is 9.51 Å². The molecule has 8 nitrogen and oxygen atoms in total. The standard InChI is InChI=1S/C18H11N5O3S/c24-17-16(21-20-13-6-8-14(9-7-13)23(25)26)27-18-19-15(10-11-22(17)18)12-4-2-1-3-5-12/h1-11H. The van der Waals surface area contributed by atoms with Crippen LogP contribution >= 0.6 is 11.3 Å². The van der Waals surface area contributed by atoms with E-state index in [0.717, 1.165) is 22.6 Å². The van der Waals surface area contributed by atoms with Crippen LogP contribution in [0.25, 0.3) is 16.2 Å². The molecule has 0 unspecified atom stereocenters. The van der Waals surface area contributed by atoms with Gasteiger partial charge in [0, 0.05) is 23.8 Å². The van der Waals surface area contributed by atoms with Gasteiger partial charge in [0.2, 0.25) is 0 Å². The summed E-state index contributed by atoms with van der Waals surface area (Å²) in [6.07, 6.45) is 1.66. The minimum atomic E-state index is -0.491. The monoisotopic (exact) mass is 377 g/mol. The van der Waals surface area contributed by atoms with E-state index in [1.54, 1.807) is 12.3 Å². The van der Waals surface area contributed by atoms with Crippen molar-refractivity contribution in [3.63, 3.8) is 0 Å². The third-order valence-electron chi connectivity index (χ3n) is 3.78. The van der Waals surface area contributed by atoms with Gasteiger partial charge in [-0.2, -0.15) is 4.40 Å². The maximum Gasteiger partial charge on any atom is 0.389 e. The minimum Gasteiger partial charge on any atom is -0.840 e. The Morgan fingerprint density at radius 1 is 1.00 bits per heavy atom. The van der Waals surface area contributed by atoms with Crippen molar-refractivity contribution >= 4 is 32.7 Å². The third-order valence-corrected chi connectivity index (χ3v) is 4.70. The topological polar surface area (TPSA) is 108 Å². The van der Waals surface area contributed by atoms with E-state index in [9.17, 15) is 15.2 Å². The summed E-state index contributed by atoms with van der Waals surface area (Å²) in [6, 6.07) is 17.0. The number of azo groups is 1. The number of nitro groups is 1. The average molecular weight is 377 g/mol. The van der Waals surface area contributed by atoms with Crippen LogP contribution in [0.4, 0.5) is 16.4 Å². The van der Waals surface area contributed by atoms with E-state index in [1.165, 1.54) is 28.7 Å². The number of non-ortho nitro benzene ring substituents is 1. The van der Waals surface area contributed by atoms with Crippen molar-refractivity contribution in [2.75, 3.05) is 0 Å². The highest BCUT2D eigenvalue weighted by Crippen LogP contribution is 2.32. The van der Waals surface area contributed by atoms with Gasteiger partial charge in [-0.1, -0.05) is 30.3 Å². The number of hydrogen-bond donors (Lipinski definition) is 0. The Morgan fingerprint density at radius 3 is 2.44 bits per heavy atom. The molecule has 0 N–H and O–H groups in total. The zero-order valence-electron chi connectivity index (χ0n) is 13.7. The lowest BCUT2D eigenvalue weighted by Crippen LogP contribution is -2.23. The predicted octanol–water partition coefficient (Wildman–Crippen LogP) is 3.95.